The molecule has 7 heteroatoms. The molecule has 0 spiro atoms. The van der Waals surface area contributed by atoms with Gasteiger partial charge in [-0.15, -0.1) is 0 Å². The molecule has 0 saturated carbocycles. The Labute approximate surface area is 132 Å². The molecule has 4 rings (SSSR count). The zero-order chi connectivity index (χ0) is 15.8. The van der Waals surface area contributed by atoms with Gasteiger partial charge in [0.25, 0.3) is 23.6 Å². The minimum absolute atomic E-state index is 0.264. The molecular formula is C15H7BrN2O4. The average molecular weight is 359 g/mol. The number of amides is 4. The highest BCUT2D eigenvalue weighted by Crippen LogP contribution is 2.39. The van der Waals surface area contributed by atoms with Gasteiger partial charge in [0, 0.05) is 39.0 Å². The Morgan fingerprint density at radius 2 is 1.55 bits per heavy atom. The van der Waals surface area contributed by atoms with Crippen molar-refractivity contribution in [1.29, 1.82) is 0 Å². The summed E-state index contributed by atoms with van der Waals surface area (Å²) in [5.41, 5.74) is 1.15. The van der Waals surface area contributed by atoms with Gasteiger partial charge in [0.1, 0.15) is 0 Å². The standard InChI is InChI=1S/C15H7BrN2O4/c1-18-14(21)6-3-2-5-10-9(6)7(15(18)22)4-8(16)11(10)13(20)17-12(5)19/h2-4H,1H3,(H,17,19,20). The van der Waals surface area contributed by atoms with Crippen molar-refractivity contribution in [1.82, 2.24) is 10.2 Å². The Morgan fingerprint density at radius 3 is 2.27 bits per heavy atom. The minimum Gasteiger partial charge on any atom is -0.288 e. The van der Waals surface area contributed by atoms with Crippen LogP contribution in [0.3, 0.4) is 0 Å². The van der Waals surface area contributed by atoms with Crippen molar-refractivity contribution in [2.45, 2.75) is 0 Å². The van der Waals surface area contributed by atoms with Crippen LogP contribution in [0.1, 0.15) is 41.4 Å². The van der Waals surface area contributed by atoms with Crippen LogP contribution in [0.25, 0.3) is 10.8 Å². The van der Waals surface area contributed by atoms with Gasteiger partial charge >= 0.3 is 0 Å². The van der Waals surface area contributed by atoms with Crippen molar-refractivity contribution in [2.24, 2.45) is 0 Å². The predicted octanol–water partition coefficient (Wildman–Crippen LogP) is 1.71. The van der Waals surface area contributed by atoms with Crippen LogP contribution in [0, 0.1) is 0 Å². The van der Waals surface area contributed by atoms with Gasteiger partial charge in [0.15, 0.2) is 0 Å². The van der Waals surface area contributed by atoms with Gasteiger partial charge < -0.3 is 0 Å². The van der Waals surface area contributed by atoms with Crippen molar-refractivity contribution in [3.63, 3.8) is 0 Å². The summed E-state index contributed by atoms with van der Waals surface area (Å²) >= 11 is 3.28. The van der Waals surface area contributed by atoms with E-state index in [2.05, 4.69) is 21.2 Å². The molecule has 2 heterocycles. The van der Waals surface area contributed by atoms with Crippen LogP contribution >= 0.6 is 15.9 Å². The second kappa shape index (κ2) is 4.01. The molecule has 0 fully saturated rings. The summed E-state index contributed by atoms with van der Waals surface area (Å²) in [6.45, 7) is 0. The van der Waals surface area contributed by atoms with E-state index >= 15 is 0 Å². The number of hydrogen-bond donors (Lipinski definition) is 1. The molecule has 22 heavy (non-hydrogen) atoms. The molecule has 4 amide bonds. The molecule has 1 N–H and O–H groups in total. The number of carbonyl (C=O) groups is 4. The SMILES string of the molecule is CN1C(=O)c2ccc3c4c(c(Br)cc(c24)C1=O)C(=O)NC3=O. The van der Waals surface area contributed by atoms with Gasteiger partial charge in [-0.05, 0) is 34.1 Å². The lowest BCUT2D eigenvalue weighted by molar-refractivity contribution is 0.0648. The van der Waals surface area contributed by atoms with E-state index in [1.54, 1.807) is 0 Å². The Hall–Kier alpha value is -2.54. The summed E-state index contributed by atoms with van der Waals surface area (Å²) in [6, 6.07) is 4.53. The molecule has 2 aliphatic heterocycles. The first-order chi connectivity index (χ1) is 10.4. The van der Waals surface area contributed by atoms with Gasteiger partial charge in [-0.1, -0.05) is 0 Å². The summed E-state index contributed by atoms with van der Waals surface area (Å²) in [6.07, 6.45) is 0. The normalized spacial score (nSPS) is 16.4. The number of benzene rings is 2. The Kier molecular flexibility index (Phi) is 2.40. The molecule has 0 unspecified atom stereocenters. The van der Waals surface area contributed by atoms with Crippen LogP contribution in [-0.4, -0.2) is 35.6 Å². The lowest BCUT2D eigenvalue weighted by atomic mass is 9.86. The lowest BCUT2D eigenvalue weighted by Gasteiger charge is -2.27. The molecule has 0 aromatic heterocycles. The fourth-order valence-electron chi connectivity index (χ4n) is 2.98. The Bertz CT molecular complexity index is 964. The van der Waals surface area contributed by atoms with Crippen LogP contribution < -0.4 is 5.32 Å². The molecule has 0 saturated heterocycles. The van der Waals surface area contributed by atoms with Gasteiger partial charge in [-0.25, -0.2) is 0 Å². The van der Waals surface area contributed by atoms with Crippen molar-refractivity contribution < 1.29 is 19.2 Å². The number of rotatable bonds is 0. The second-order valence-corrected chi connectivity index (χ2v) is 6.00. The van der Waals surface area contributed by atoms with Crippen LogP contribution in [0.5, 0.6) is 0 Å². The van der Waals surface area contributed by atoms with E-state index in [1.807, 2.05) is 0 Å². The fourth-order valence-corrected chi connectivity index (χ4v) is 3.58. The van der Waals surface area contributed by atoms with Crippen molar-refractivity contribution in [3.8, 4) is 0 Å². The first kappa shape index (κ1) is 13.1. The summed E-state index contributed by atoms with van der Waals surface area (Å²) in [5.74, 6) is -1.99. The van der Waals surface area contributed by atoms with Crippen LogP contribution in [-0.2, 0) is 0 Å². The summed E-state index contributed by atoms with van der Waals surface area (Å²) in [4.78, 5) is 49.8. The third kappa shape index (κ3) is 1.38. The number of hydrogen-bond acceptors (Lipinski definition) is 4. The molecule has 2 aromatic rings. The highest BCUT2D eigenvalue weighted by molar-refractivity contribution is 9.10. The third-order valence-electron chi connectivity index (χ3n) is 4.00. The van der Waals surface area contributed by atoms with Crippen LogP contribution in [0.15, 0.2) is 22.7 Å². The van der Waals surface area contributed by atoms with E-state index in [0.29, 0.717) is 26.4 Å². The Balaban J connectivity index is 2.30. The summed E-state index contributed by atoms with van der Waals surface area (Å²) in [7, 11) is 1.40. The third-order valence-corrected chi connectivity index (χ3v) is 4.63. The van der Waals surface area contributed by atoms with Crippen LogP contribution in [0.2, 0.25) is 0 Å². The largest absolute Gasteiger partial charge is 0.288 e. The van der Waals surface area contributed by atoms with E-state index < -0.39 is 23.6 Å². The topological polar surface area (TPSA) is 83.6 Å². The van der Waals surface area contributed by atoms with Crippen molar-refractivity contribution >= 4 is 50.3 Å². The average Bonchev–Trinajstić information content (AvgIpc) is 2.48. The van der Waals surface area contributed by atoms with Gasteiger partial charge in [0.05, 0.1) is 5.56 Å². The zero-order valence-electron chi connectivity index (χ0n) is 11.2. The zero-order valence-corrected chi connectivity index (χ0v) is 12.8. The number of carbonyl (C=O) groups excluding carboxylic acids is 4. The lowest BCUT2D eigenvalue weighted by Crippen LogP contribution is -2.39. The highest BCUT2D eigenvalue weighted by Gasteiger charge is 2.36. The number of nitrogens with one attached hydrogen (secondary N) is 1. The maximum Gasteiger partial charge on any atom is 0.261 e. The first-order valence-corrected chi connectivity index (χ1v) is 7.18. The monoisotopic (exact) mass is 358 g/mol. The van der Waals surface area contributed by atoms with Crippen molar-refractivity contribution in [2.75, 3.05) is 7.05 Å². The van der Waals surface area contributed by atoms with E-state index in [0.717, 1.165) is 4.90 Å². The second-order valence-electron chi connectivity index (χ2n) is 5.14. The van der Waals surface area contributed by atoms with E-state index in [4.69, 9.17) is 0 Å². The van der Waals surface area contributed by atoms with E-state index in [-0.39, 0.29) is 11.1 Å². The summed E-state index contributed by atoms with van der Waals surface area (Å²) < 4.78 is 0.412. The first-order valence-electron chi connectivity index (χ1n) is 6.39. The number of halogens is 1. The molecule has 0 radical (unpaired) electrons. The van der Waals surface area contributed by atoms with Gasteiger partial charge in [0.2, 0.25) is 0 Å². The molecule has 0 bridgehead atoms. The quantitative estimate of drug-likeness (QED) is 0.726. The molecular weight excluding hydrogens is 352 g/mol. The maximum absolute atomic E-state index is 12.4. The molecule has 108 valence electrons. The Morgan fingerprint density at radius 1 is 0.909 bits per heavy atom. The fraction of sp³-hybridized carbons (Fsp3) is 0.0667. The smallest absolute Gasteiger partial charge is 0.261 e. The molecule has 0 atom stereocenters. The number of imide groups is 2. The predicted molar refractivity (Wildman–Crippen MR) is 79.9 cm³/mol. The summed E-state index contributed by atoms with van der Waals surface area (Å²) in [5, 5.41) is 2.97. The van der Waals surface area contributed by atoms with E-state index in [9.17, 15) is 19.2 Å². The van der Waals surface area contributed by atoms with Gasteiger partial charge in [-0.2, -0.15) is 0 Å². The molecule has 6 nitrogen and oxygen atoms in total. The number of nitrogens with zero attached hydrogens (tertiary/aromatic N) is 1. The van der Waals surface area contributed by atoms with Crippen LogP contribution in [0.4, 0.5) is 0 Å². The van der Waals surface area contributed by atoms with Crippen molar-refractivity contribution in [3.05, 3.63) is 44.9 Å². The molecule has 0 aliphatic carbocycles. The molecule has 2 aliphatic rings. The minimum atomic E-state index is -0.549. The molecule has 2 aromatic carbocycles. The van der Waals surface area contributed by atoms with Gasteiger partial charge in [-0.3, -0.25) is 29.4 Å². The van der Waals surface area contributed by atoms with E-state index in [1.165, 1.54) is 25.2 Å². The maximum atomic E-state index is 12.4. The highest BCUT2D eigenvalue weighted by atomic mass is 79.9.